The van der Waals surface area contributed by atoms with Gasteiger partial charge in [-0.05, 0) is 185 Å². The van der Waals surface area contributed by atoms with Gasteiger partial charge < -0.3 is 0 Å². The van der Waals surface area contributed by atoms with Crippen LogP contribution < -0.4 is 0 Å². The van der Waals surface area contributed by atoms with Crippen LogP contribution in [0.1, 0.15) is 66.8 Å². The lowest BCUT2D eigenvalue weighted by molar-refractivity contribution is 0.596. The molecule has 0 spiro atoms. The van der Waals surface area contributed by atoms with Gasteiger partial charge in [0, 0.05) is 0 Å². The first-order valence-corrected chi connectivity index (χ1v) is 17.1. The van der Waals surface area contributed by atoms with Gasteiger partial charge in [0.05, 0.1) is 9.79 Å². The Balaban J connectivity index is 0.000000193. The summed E-state index contributed by atoms with van der Waals surface area (Å²) in [5, 5.41) is 0. The van der Waals surface area contributed by atoms with Gasteiger partial charge in [0.1, 0.15) is 0 Å². The first-order valence-electron chi connectivity index (χ1n) is 15.6. The van der Waals surface area contributed by atoms with Gasteiger partial charge in [-0.2, -0.15) is 0 Å². The van der Waals surface area contributed by atoms with Gasteiger partial charge in [-0.15, -0.1) is 0 Å². The van der Waals surface area contributed by atoms with Crippen LogP contribution in [-0.4, -0.2) is 8.42 Å². The zero-order chi connectivity index (χ0) is 33.6. The molecular formula is C42H50O2S. The number of benzene rings is 5. The number of hydrogen-bond donors (Lipinski definition) is 0. The SMILES string of the molecule is Cc1cc(C)c(C)cc1C.Cc1ccc(-c2ccc(C)c(C)c2)cc1C.Cc1ccc(S(=O)(=O)c2ccc(C)c(C)c2)cc1C. The minimum Gasteiger partial charge on any atom is -0.219 e. The lowest BCUT2D eigenvalue weighted by Crippen LogP contribution is -2.03. The molecule has 0 radical (unpaired) electrons. The van der Waals surface area contributed by atoms with Crippen molar-refractivity contribution in [1.82, 2.24) is 0 Å². The van der Waals surface area contributed by atoms with E-state index in [1.54, 1.807) is 24.3 Å². The molecule has 2 nitrogen and oxygen atoms in total. The molecule has 0 aliphatic rings. The lowest BCUT2D eigenvalue weighted by atomic mass is 9.98. The Morgan fingerprint density at radius 1 is 0.289 bits per heavy atom. The second-order valence-electron chi connectivity index (χ2n) is 12.6. The summed E-state index contributed by atoms with van der Waals surface area (Å²) in [6, 6.07) is 28.3. The molecule has 0 aliphatic heterocycles. The predicted octanol–water partition coefficient (Wildman–Crippen LogP) is 11.3. The van der Waals surface area contributed by atoms with Crippen molar-refractivity contribution in [3.8, 4) is 11.1 Å². The van der Waals surface area contributed by atoms with Gasteiger partial charge in [-0.1, -0.05) is 60.7 Å². The number of aryl methyl sites for hydroxylation is 12. The maximum absolute atomic E-state index is 12.6. The van der Waals surface area contributed by atoms with Crippen molar-refractivity contribution >= 4 is 9.84 Å². The van der Waals surface area contributed by atoms with E-state index in [0.29, 0.717) is 9.79 Å². The highest BCUT2D eigenvalue weighted by atomic mass is 32.2. The zero-order valence-electron chi connectivity index (χ0n) is 29.3. The van der Waals surface area contributed by atoms with E-state index in [2.05, 4.69) is 104 Å². The van der Waals surface area contributed by atoms with E-state index >= 15 is 0 Å². The standard InChI is InChI=1S/C16H18O2S.C16H18.C10H14/c1-11-5-7-15(9-13(11)3)19(17,18)16-8-6-12(2)14(4)10-16;1-11-5-7-15(9-13(11)3)16-8-6-12(2)14(4)10-16;1-7-5-9(3)10(4)6-8(7)2/h5-10H,1-4H3;5-10H,1-4H3;5-6H,1-4H3. The maximum atomic E-state index is 12.6. The molecule has 0 bridgehead atoms. The average molecular weight is 619 g/mol. The summed E-state index contributed by atoms with van der Waals surface area (Å²) in [5.41, 5.74) is 17.8. The van der Waals surface area contributed by atoms with Crippen LogP contribution in [0.2, 0.25) is 0 Å². The molecule has 0 atom stereocenters. The third-order valence-corrected chi connectivity index (χ3v) is 10.8. The summed E-state index contributed by atoms with van der Waals surface area (Å²) in [5.74, 6) is 0. The van der Waals surface area contributed by atoms with Gasteiger partial charge in [0.25, 0.3) is 0 Å². The molecule has 5 aromatic carbocycles. The summed E-state index contributed by atoms with van der Waals surface area (Å²) >= 11 is 0. The van der Waals surface area contributed by atoms with E-state index in [1.165, 1.54) is 55.6 Å². The summed E-state index contributed by atoms with van der Waals surface area (Å²) in [4.78, 5) is 0.720. The highest BCUT2D eigenvalue weighted by Gasteiger charge is 2.18. The van der Waals surface area contributed by atoms with E-state index in [-0.39, 0.29) is 0 Å². The van der Waals surface area contributed by atoms with Crippen molar-refractivity contribution in [2.24, 2.45) is 0 Å². The number of hydrogen-bond acceptors (Lipinski definition) is 2. The zero-order valence-corrected chi connectivity index (χ0v) is 30.1. The Hall–Kier alpha value is -3.95. The fraction of sp³-hybridized carbons (Fsp3) is 0.286. The highest BCUT2D eigenvalue weighted by molar-refractivity contribution is 7.91. The molecule has 3 heteroatoms. The highest BCUT2D eigenvalue weighted by Crippen LogP contribution is 2.25. The molecule has 5 rings (SSSR count). The second kappa shape index (κ2) is 14.9. The molecule has 0 unspecified atom stereocenters. The van der Waals surface area contributed by atoms with Crippen LogP contribution >= 0.6 is 0 Å². The molecular weight excluding hydrogens is 569 g/mol. The molecule has 5 aromatic rings. The fourth-order valence-corrected chi connectivity index (χ4v) is 6.28. The van der Waals surface area contributed by atoms with Gasteiger partial charge in [-0.25, -0.2) is 8.42 Å². The molecule has 236 valence electrons. The Morgan fingerprint density at radius 2 is 0.533 bits per heavy atom. The molecule has 0 saturated heterocycles. The van der Waals surface area contributed by atoms with E-state index in [1.807, 2.05) is 39.8 Å². The first kappa shape index (κ1) is 35.5. The van der Waals surface area contributed by atoms with Gasteiger partial charge in [0.15, 0.2) is 0 Å². The first-order chi connectivity index (χ1) is 21.0. The van der Waals surface area contributed by atoms with Crippen molar-refractivity contribution in [2.45, 2.75) is 92.9 Å². The topological polar surface area (TPSA) is 34.1 Å². The Morgan fingerprint density at radius 3 is 0.800 bits per heavy atom. The minimum absolute atomic E-state index is 0.360. The largest absolute Gasteiger partial charge is 0.219 e. The summed E-state index contributed by atoms with van der Waals surface area (Å²) in [6.07, 6.45) is 0. The van der Waals surface area contributed by atoms with Crippen LogP contribution in [0.5, 0.6) is 0 Å². The maximum Gasteiger partial charge on any atom is 0.206 e. The summed E-state index contributed by atoms with van der Waals surface area (Å²) < 4.78 is 25.1. The lowest BCUT2D eigenvalue weighted by Gasteiger charge is -2.09. The van der Waals surface area contributed by atoms with Crippen LogP contribution in [0.15, 0.2) is 94.7 Å². The van der Waals surface area contributed by atoms with Crippen molar-refractivity contribution in [1.29, 1.82) is 0 Å². The third-order valence-electron chi connectivity index (χ3n) is 9.03. The molecule has 0 aliphatic carbocycles. The van der Waals surface area contributed by atoms with Gasteiger partial charge in [0.2, 0.25) is 9.84 Å². The van der Waals surface area contributed by atoms with Crippen LogP contribution in [0.4, 0.5) is 0 Å². The molecule has 0 aromatic heterocycles. The fourth-order valence-electron chi connectivity index (χ4n) is 4.85. The number of rotatable bonds is 3. The van der Waals surface area contributed by atoms with Crippen molar-refractivity contribution in [2.75, 3.05) is 0 Å². The van der Waals surface area contributed by atoms with Crippen LogP contribution in [0, 0.1) is 83.1 Å². The third kappa shape index (κ3) is 9.05. The molecule has 0 N–H and O–H groups in total. The van der Waals surface area contributed by atoms with E-state index < -0.39 is 9.84 Å². The van der Waals surface area contributed by atoms with E-state index in [4.69, 9.17) is 0 Å². The molecule has 0 fully saturated rings. The molecule has 0 amide bonds. The Labute approximate surface area is 273 Å². The Bertz CT molecular complexity index is 1770. The monoisotopic (exact) mass is 618 g/mol. The second-order valence-corrected chi connectivity index (χ2v) is 14.6. The molecule has 0 heterocycles. The smallest absolute Gasteiger partial charge is 0.206 e. The molecule has 45 heavy (non-hydrogen) atoms. The summed E-state index contributed by atoms with van der Waals surface area (Å²) in [6.45, 7) is 25.1. The average Bonchev–Trinajstić information content (AvgIpc) is 2.98. The van der Waals surface area contributed by atoms with Crippen LogP contribution in [-0.2, 0) is 9.84 Å². The van der Waals surface area contributed by atoms with Crippen molar-refractivity contribution < 1.29 is 8.42 Å². The van der Waals surface area contributed by atoms with Crippen molar-refractivity contribution in [3.63, 3.8) is 0 Å². The van der Waals surface area contributed by atoms with Gasteiger partial charge in [-0.3, -0.25) is 0 Å². The molecule has 0 saturated carbocycles. The predicted molar refractivity (Wildman–Crippen MR) is 193 cm³/mol. The van der Waals surface area contributed by atoms with Crippen LogP contribution in [0.3, 0.4) is 0 Å². The number of sulfone groups is 1. The van der Waals surface area contributed by atoms with Gasteiger partial charge >= 0.3 is 0 Å². The Kier molecular flexibility index (Phi) is 11.8. The minimum atomic E-state index is -3.42. The quantitative estimate of drug-likeness (QED) is 0.202. The van der Waals surface area contributed by atoms with Crippen molar-refractivity contribution in [3.05, 3.63) is 152 Å². The van der Waals surface area contributed by atoms with E-state index in [0.717, 1.165) is 22.3 Å². The van der Waals surface area contributed by atoms with E-state index in [9.17, 15) is 8.42 Å². The normalized spacial score (nSPS) is 10.8. The summed E-state index contributed by atoms with van der Waals surface area (Å²) in [7, 11) is -3.42. The van der Waals surface area contributed by atoms with Crippen LogP contribution in [0.25, 0.3) is 11.1 Å².